The summed E-state index contributed by atoms with van der Waals surface area (Å²) in [6, 6.07) is 0. The van der Waals surface area contributed by atoms with Gasteiger partial charge in [0.2, 0.25) is 0 Å². The van der Waals surface area contributed by atoms with Crippen LogP contribution in [0.4, 0.5) is 0 Å². The molecule has 0 aromatic rings. The van der Waals surface area contributed by atoms with Gasteiger partial charge in [-0.15, -0.1) is 0 Å². The number of ether oxygens (including phenoxy) is 3. The second kappa shape index (κ2) is 7.71. The zero-order chi connectivity index (χ0) is 13.4. The first-order valence-corrected chi connectivity index (χ1v) is 6.07. The lowest BCUT2D eigenvalue weighted by atomic mass is 10.3. The lowest BCUT2D eigenvalue weighted by molar-refractivity contribution is -0.143. The Morgan fingerprint density at radius 3 is 2.33 bits per heavy atom. The molecule has 1 heterocycles. The third kappa shape index (κ3) is 4.37. The van der Waals surface area contributed by atoms with E-state index in [0.29, 0.717) is 26.3 Å². The van der Waals surface area contributed by atoms with Gasteiger partial charge in [-0.05, 0) is 13.8 Å². The third-order valence-electron chi connectivity index (χ3n) is 2.38. The van der Waals surface area contributed by atoms with E-state index in [1.54, 1.807) is 18.7 Å². The van der Waals surface area contributed by atoms with Crippen molar-refractivity contribution in [3.63, 3.8) is 0 Å². The van der Waals surface area contributed by atoms with Gasteiger partial charge in [-0.1, -0.05) is 0 Å². The Morgan fingerprint density at radius 1 is 1.17 bits per heavy atom. The molecule has 1 aliphatic rings. The van der Waals surface area contributed by atoms with Crippen molar-refractivity contribution in [1.82, 2.24) is 4.90 Å². The standard InChI is InChI=1S/C12H19NO5/c1-3-17-11(14)9-10(12(15)18-4-2)13-5-7-16-8-6-13/h9H,3-8H2,1-2H3. The fourth-order valence-electron chi connectivity index (χ4n) is 1.58. The molecule has 6 heteroatoms. The van der Waals surface area contributed by atoms with E-state index < -0.39 is 11.9 Å². The Morgan fingerprint density at radius 2 is 1.78 bits per heavy atom. The molecule has 0 atom stereocenters. The molecule has 0 spiro atoms. The maximum atomic E-state index is 11.8. The molecule has 0 aromatic heterocycles. The molecular formula is C12H19NO5. The number of carbonyl (C=O) groups is 2. The molecule has 0 amide bonds. The Kier molecular flexibility index (Phi) is 6.21. The van der Waals surface area contributed by atoms with Gasteiger partial charge in [0.05, 0.1) is 32.5 Å². The lowest BCUT2D eigenvalue weighted by Gasteiger charge is -2.29. The minimum absolute atomic E-state index is 0.235. The number of hydrogen-bond donors (Lipinski definition) is 0. The van der Waals surface area contributed by atoms with Crippen LogP contribution >= 0.6 is 0 Å². The van der Waals surface area contributed by atoms with Crippen molar-refractivity contribution in [2.45, 2.75) is 13.8 Å². The van der Waals surface area contributed by atoms with Crippen LogP contribution in [0.1, 0.15) is 13.8 Å². The SMILES string of the molecule is CCOC(=O)C=C(C(=O)OCC)N1CCOCC1. The predicted molar refractivity (Wildman–Crippen MR) is 63.7 cm³/mol. The molecule has 6 nitrogen and oxygen atoms in total. The minimum atomic E-state index is -0.535. The largest absolute Gasteiger partial charge is 0.463 e. The summed E-state index contributed by atoms with van der Waals surface area (Å²) in [5.41, 5.74) is 0.235. The van der Waals surface area contributed by atoms with E-state index in [9.17, 15) is 9.59 Å². The third-order valence-corrected chi connectivity index (χ3v) is 2.38. The highest BCUT2D eigenvalue weighted by molar-refractivity contribution is 5.95. The molecule has 0 aliphatic carbocycles. The monoisotopic (exact) mass is 257 g/mol. The van der Waals surface area contributed by atoms with Gasteiger partial charge in [0.15, 0.2) is 0 Å². The van der Waals surface area contributed by atoms with Crippen LogP contribution < -0.4 is 0 Å². The second-order valence-electron chi connectivity index (χ2n) is 3.60. The smallest absolute Gasteiger partial charge is 0.354 e. The summed E-state index contributed by atoms with van der Waals surface area (Å²) in [6.45, 7) is 6.15. The van der Waals surface area contributed by atoms with E-state index in [1.807, 2.05) is 0 Å². The summed E-state index contributed by atoms with van der Waals surface area (Å²) in [6.07, 6.45) is 1.19. The molecule has 0 N–H and O–H groups in total. The first-order valence-electron chi connectivity index (χ1n) is 6.07. The average molecular weight is 257 g/mol. The van der Waals surface area contributed by atoms with Crippen LogP contribution in [-0.4, -0.2) is 56.4 Å². The van der Waals surface area contributed by atoms with Crippen molar-refractivity contribution in [1.29, 1.82) is 0 Å². The average Bonchev–Trinajstić information content (AvgIpc) is 2.37. The van der Waals surface area contributed by atoms with Crippen molar-refractivity contribution >= 4 is 11.9 Å². The van der Waals surface area contributed by atoms with Gasteiger partial charge in [0.25, 0.3) is 0 Å². The predicted octanol–water partition coefficient (Wildman–Crippen LogP) is 0.329. The molecule has 0 saturated carbocycles. The van der Waals surface area contributed by atoms with E-state index in [1.165, 1.54) is 6.08 Å². The molecule has 1 saturated heterocycles. The number of carbonyl (C=O) groups excluding carboxylic acids is 2. The lowest BCUT2D eigenvalue weighted by Crippen LogP contribution is -2.39. The first kappa shape index (κ1) is 14.5. The van der Waals surface area contributed by atoms with Crippen LogP contribution in [-0.2, 0) is 23.8 Å². The molecule has 102 valence electrons. The maximum Gasteiger partial charge on any atom is 0.354 e. The van der Waals surface area contributed by atoms with Crippen LogP contribution in [0.5, 0.6) is 0 Å². The summed E-state index contributed by atoms with van der Waals surface area (Å²) in [5, 5.41) is 0. The van der Waals surface area contributed by atoms with Crippen LogP contribution in [0.15, 0.2) is 11.8 Å². The molecule has 0 bridgehead atoms. The van der Waals surface area contributed by atoms with Gasteiger partial charge in [0.1, 0.15) is 5.70 Å². The second-order valence-corrected chi connectivity index (χ2v) is 3.60. The Hall–Kier alpha value is -1.56. The van der Waals surface area contributed by atoms with E-state index >= 15 is 0 Å². The number of rotatable bonds is 5. The van der Waals surface area contributed by atoms with E-state index in [0.717, 1.165) is 0 Å². The van der Waals surface area contributed by atoms with Gasteiger partial charge < -0.3 is 19.1 Å². The number of hydrogen-bond acceptors (Lipinski definition) is 6. The van der Waals surface area contributed by atoms with Gasteiger partial charge in [-0.3, -0.25) is 0 Å². The summed E-state index contributed by atoms with van der Waals surface area (Å²) in [4.78, 5) is 25.0. The highest BCUT2D eigenvalue weighted by atomic mass is 16.5. The minimum Gasteiger partial charge on any atom is -0.463 e. The van der Waals surface area contributed by atoms with Crippen molar-refractivity contribution in [2.75, 3.05) is 39.5 Å². The first-order chi connectivity index (χ1) is 8.69. The summed E-state index contributed by atoms with van der Waals surface area (Å²) < 4.78 is 15.0. The van der Waals surface area contributed by atoms with Crippen molar-refractivity contribution in [3.8, 4) is 0 Å². The molecule has 1 fully saturated rings. The number of esters is 2. The molecule has 1 aliphatic heterocycles. The van der Waals surface area contributed by atoms with Gasteiger partial charge in [-0.25, -0.2) is 9.59 Å². The van der Waals surface area contributed by atoms with Crippen LogP contribution in [0.25, 0.3) is 0 Å². The Balaban J connectivity index is 2.79. The molecule has 0 radical (unpaired) electrons. The summed E-state index contributed by atoms with van der Waals surface area (Å²) in [5.74, 6) is -1.04. The molecular weight excluding hydrogens is 238 g/mol. The van der Waals surface area contributed by atoms with Crippen molar-refractivity contribution < 1.29 is 23.8 Å². The van der Waals surface area contributed by atoms with Crippen molar-refractivity contribution in [2.24, 2.45) is 0 Å². The molecule has 0 unspecified atom stereocenters. The topological polar surface area (TPSA) is 65.1 Å². The normalized spacial score (nSPS) is 16.3. The van der Waals surface area contributed by atoms with Crippen LogP contribution in [0.3, 0.4) is 0 Å². The Bertz CT molecular complexity index is 320. The van der Waals surface area contributed by atoms with E-state index in [-0.39, 0.29) is 18.9 Å². The molecule has 1 rings (SSSR count). The molecule has 18 heavy (non-hydrogen) atoms. The fourth-order valence-corrected chi connectivity index (χ4v) is 1.58. The molecule has 0 aromatic carbocycles. The summed E-state index contributed by atoms with van der Waals surface area (Å²) in [7, 11) is 0. The maximum absolute atomic E-state index is 11.8. The van der Waals surface area contributed by atoms with Crippen LogP contribution in [0.2, 0.25) is 0 Å². The van der Waals surface area contributed by atoms with Crippen molar-refractivity contribution in [3.05, 3.63) is 11.8 Å². The van der Waals surface area contributed by atoms with E-state index in [2.05, 4.69) is 0 Å². The van der Waals surface area contributed by atoms with Gasteiger partial charge >= 0.3 is 11.9 Å². The van der Waals surface area contributed by atoms with Gasteiger partial charge in [0, 0.05) is 13.1 Å². The Labute approximate surface area is 106 Å². The van der Waals surface area contributed by atoms with Gasteiger partial charge in [-0.2, -0.15) is 0 Å². The number of nitrogens with zero attached hydrogens (tertiary/aromatic N) is 1. The summed E-state index contributed by atoms with van der Waals surface area (Å²) >= 11 is 0. The highest BCUT2D eigenvalue weighted by Crippen LogP contribution is 2.10. The zero-order valence-corrected chi connectivity index (χ0v) is 10.8. The van der Waals surface area contributed by atoms with E-state index in [4.69, 9.17) is 14.2 Å². The number of morpholine rings is 1. The zero-order valence-electron chi connectivity index (χ0n) is 10.8. The quantitative estimate of drug-likeness (QED) is 0.522. The van der Waals surface area contributed by atoms with Crippen LogP contribution in [0, 0.1) is 0 Å². The highest BCUT2D eigenvalue weighted by Gasteiger charge is 2.22. The fraction of sp³-hybridized carbons (Fsp3) is 0.667.